The third kappa shape index (κ3) is 9.10. The van der Waals surface area contributed by atoms with E-state index in [4.69, 9.17) is 4.74 Å². The summed E-state index contributed by atoms with van der Waals surface area (Å²) in [5.74, 6) is -0.120. The molecule has 0 aliphatic heterocycles. The summed E-state index contributed by atoms with van der Waals surface area (Å²) < 4.78 is 5.19. The topological polar surface area (TPSA) is 41.6 Å². The van der Waals surface area contributed by atoms with Crippen LogP contribution in [0.1, 0.15) is 67.2 Å². The predicted octanol–water partition coefficient (Wildman–Crippen LogP) is 3.21. The van der Waals surface area contributed by atoms with Gasteiger partial charge in [0.2, 0.25) is 0 Å². The van der Waals surface area contributed by atoms with E-state index in [-0.39, 0.29) is 18.1 Å². The first kappa shape index (κ1) is 20.4. The summed E-state index contributed by atoms with van der Waals surface area (Å²) in [4.78, 5) is 14.5. The number of nitrogens with one attached hydrogen (secondary N) is 1. The van der Waals surface area contributed by atoms with Crippen molar-refractivity contribution in [3.8, 4) is 0 Å². The van der Waals surface area contributed by atoms with Crippen LogP contribution in [0.15, 0.2) is 0 Å². The number of ether oxygens (including phenoxy) is 1. The van der Waals surface area contributed by atoms with E-state index in [1.165, 1.54) is 12.8 Å². The summed E-state index contributed by atoms with van der Waals surface area (Å²) in [5.41, 5.74) is 0. The first-order chi connectivity index (χ1) is 9.96. The van der Waals surface area contributed by atoms with Gasteiger partial charge in [0.05, 0.1) is 6.61 Å². The van der Waals surface area contributed by atoms with Crippen LogP contribution in [0, 0.1) is 0 Å². The Hall–Kier alpha value is -0.610. The van der Waals surface area contributed by atoms with Crippen molar-refractivity contribution < 1.29 is 9.53 Å². The fraction of sp³-hybridized carbons (Fsp3) is 0.941. The quantitative estimate of drug-likeness (QED) is 0.562. The van der Waals surface area contributed by atoms with Gasteiger partial charge in [-0.3, -0.25) is 4.79 Å². The first-order valence-electron chi connectivity index (χ1n) is 8.62. The maximum Gasteiger partial charge on any atom is 0.323 e. The van der Waals surface area contributed by atoms with Crippen molar-refractivity contribution in [2.75, 3.05) is 19.7 Å². The zero-order valence-electron chi connectivity index (χ0n) is 14.9. The summed E-state index contributed by atoms with van der Waals surface area (Å²) in [5, 5.41) is 3.33. The van der Waals surface area contributed by atoms with E-state index in [2.05, 4.69) is 44.8 Å². The van der Waals surface area contributed by atoms with Crippen LogP contribution in [0.3, 0.4) is 0 Å². The van der Waals surface area contributed by atoms with E-state index in [0.717, 1.165) is 25.9 Å². The molecule has 0 spiro atoms. The molecule has 0 amide bonds. The monoisotopic (exact) mass is 300 g/mol. The molecule has 0 aliphatic rings. The lowest BCUT2D eigenvalue weighted by molar-refractivity contribution is -0.146. The number of esters is 1. The Morgan fingerprint density at radius 2 is 1.81 bits per heavy atom. The van der Waals surface area contributed by atoms with Gasteiger partial charge in [-0.15, -0.1) is 0 Å². The standard InChI is InChI=1S/C17H36N2O2/c1-7-10-12-19(15(6)8-2)13-11-16(18-14(4)5)17(20)21-9-3/h14-16,18H,7-13H2,1-6H3. The molecule has 0 aliphatic carbocycles. The molecule has 0 fully saturated rings. The fourth-order valence-electron chi connectivity index (χ4n) is 2.38. The second kappa shape index (κ2) is 12.0. The van der Waals surface area contributed by atoms with Crippen molar-refractivity contribution >= 4 is 5.97 Å². The van der Waals surface area contributed by atoms with E-state index in [1.54, 1.807) is 0 Å². The molecule has 0 rings (SSSR count). The maximum absolute atomic E-state index is 12.0. The van der Waals surface area contributed by atoms with Gasteiger partial charge in [-0.1, -0.05) is 34.1 Å². The van der Waals surface area contributed by atoms with Gasteiger partial charge in [0.25, 0.3) is 0 Å². The Bertz CT molecular complexity index is 270. The Morgan fingerprint density at radius 1 is 1.14 bits per heavy atom. The highest BCUT2D eigenvalue weighted by atomic mass is 16.5. The van der Waals surface area contributed by atoms with E-state index >= 15 is 0 Å². The highest BCUT2D eigenvalue weighted by molar-refractivity contribution is 5.75. The Kier molecular flexibility index (Phi) is 11.6. The Labute approximate surface area is 131 Å². The second-order valence-corrected chi connectivity index (χ2v) is 6.06. The SMILES string of the molecule is CCCCN(CCC(NC(C)C)C(=O)OCC)C(C)CC. The molecule has 4 heteroatoms. The van der Waals surface area contributed by atoms with E-state index in [9.17, 15) is 4.79 Å². The van der Waals surface area contributed by atoms with Crippen LogP contribution in [0.4, 0.5) is 0 Å². The minimum atomic E-state index is -0.196. The summed E-state index contributed by atoms with van der Waals surface area (Å²) in [6.07, 6.45) is 4.38. The molecular formula is C17H36N2O2. The molecule has 2 atom stereocenters. The van der Waals surface area contributed by atoms with Crippen LogP contribution in [0.25, 0.3) is 0 Å². The maximum atomic E-state index is 12.0. The molecule has 0 aromatic heterocycles. The lowest BCUT2D eigenvalue weighted by atomic mass is 10.1. The predicted molar refractivity (Wildman–Crippen MR) is 89.5 cm³/mol. The highest BCUT2D eigenvalue weighted by Crippen LogP contribution is 2.09. The molecule has 0 radical (unpaired) electrons. The Morgan fingerprint density at radius 3 is 2.29 bits per heavy atom. The van der Waals surface area contributed by atoms with Gasteiger partial charge >= 0.3 is 5.97 Å². The van der Waals surface area contributed by atoms with Crippen LogP contribution in [0.2, 0.25) is 0 Å². The van der Waals surface area contributed by atoms with Gasteiger partial charge in [-0.05, 0) is 39.7 Å². The Balaban J connectivity index is 4.53. The summed E-state index contributed by atoms with van der Waals surface area (Å²) >= 11 is 0. The van der Waals surface area contributed by atoms with Crippen molar-refractivity contribution in [2.45, 2.75) is 85.4 Å². The average molecular weight is 300 g/mol. The van der Waals surface area contributed by atoms with Gasteiger partial charge in [-0.25, -0.2) is 0 Å². The molecule has 0 heterocycles. The molecule has 2 unspecified atom stereocenters. The largest absolute Gasteiger partial charge is 0.465 e. The molecule has 0 bridgehead atoms. The van der Waals surface area contributed by atoms with Gasteiger partial charge in [0.15, 0.2) is 0 Å². The van der Waals surface area contributed by atoms with Gasteiger partial charge in [0.1, 0.15) is 6.04 Å². The zero-order valence-corrected chi connectivity index (χ0v) is 14.9. The second-order valence-electron chi connectivity index (χ2n) is 6.06. The molecule has 21 heavy (non-hydrogen) atoms. The number of carbonyl (C=O) groups is 1. The molecule has 0 aromatic rings. The molecule has 0 aromatic carbocycles. The first-order valence-corrected chi connectivity index (χ1v) is 8.62. The smallest absolute Gasteiger partial charge is 0.323 e. The van der Waals surface area contributed by atoms with E-state index < -0.39 is 0 Å². The van der Waals surface area contributed by atoms with Crippen LogP contribution in [-0.2, 0) is 9.53 Å². The number of carbonyl (C=O) groups excluding carboxylic acids is 1. The van der Waals surface area contributed by atoms with Crippen molar-refractivity contribution in [2.24, 2.45) is 0 Å². The van der Waals surface area contributed by atoms with Crippen LogP contribution in [-0.4, -0.2) is 48.7 Å². The summed E-state index contributed by atoms with van der Waals surface area (Å²) in [6, 6.07) is 0.656. The minimum Gasteiger partial charge on any atom is -0.465 e. The van der Waals surface area contributed by atoms with Gasteiger partial charge in [0, 0.05) is 18.6 Å². The normalized spacial score (nSPS) is 14.5. The number of hydrogen-bond acceptors (Lipinski definition) is 4. The number of unbranched alkanes of at least 4 members (excludes halogenated alkanes) is 1. The van der Waals surface area contributed by atoms with Gasteiger partial charge < -0.3 is 15.0 Å². The lowest BCUT2D eigenvalue weighted by Gasteiger charge is -2.30. The average Bonchev–Trinajstić information content (AvgIpc) is 2.45. The highest BCUT2D eigenvalue weighted by Gasteiger charge is 2.22. The molecule has 0 saturated carbocycles. The third-order valence-electron chi connectivity index (χ3n) is 3.82. The van der Waals surface area contributed by atoms with Crippen LogP contribution < -0.4 is 5.32 Å². The van der Waals surface area contributed by atoms with Crippen LogP contribution >= 0.6 is 0 Å². The van der Waals surface area contributed by atoms with Gasteiger partial charge in [-0.2, -0.15) is 0 Å². The minimum absolute atomic E-state index is 0.120. The lowest BCUT2D eigenvalue weighted by Crippen LogP contribution is -2.45. The van der Waals surface area contributed by atoms with Crippen molar-refractivity contribution in [3.63, 3.8) is 0 Å². The molecule has 126 valence electrons. The molecule has 0 saturated heterocycles. The number of hydrogen-bond donors (Lipinski definition) is 1. The van der Waals surface area contributed by atoms with E-state index in [0.29, 0.717) is 12.6 Å². The van der Waals surface area contributed by atoms with Crippen molar-refractivity contribution in [1.29, 1.82) is 0 Å². The van der Waals surface area contributed by atoms with Crippen molar-refractivity contribution in [1.82, 2.24) is 10.2 Å². The van der Waals surface area contributed by atoms with E-state index in [1.807, 2.05) is 6.92 Å². The fourth-order valence-corrected chi connectivity index (χ4v) is 2.38. The molecular weight excluding hydrogens is 264 g/mol. The number of nitrogens with zero attached hydrogens (tertiary/aromatic N) is 1. The molecule has 4 nitrogen and oxygen atoms in total. The van der Waals surface area contributed by atoms with Crippen LogP contribution in [0.5, 0.6) is 0 Å². The third-order valence-corrected chi connectivity index (χ3v) is 3.82. The summed E-state index contributed by atoms with van der Waals surface area (Å²) in [7, 11) is 0. The summed E-state index contributed by atoms with van der Waals surface area (Å²) in [6.45, 7) is 15.2. The number of rotatable bonds is 12. The molecule has 1 N–H and O–H groups in total. The van der Waals surface area contributed by atoms with Crippen molar-refractivity contribution in [3.05, 3.63) is 0 Å². The zero-order chi connectivity index (χ0) is 16.3.